The minimum absolute atomic E-state index is 1.22. The second-order valence-corrected chi connectivity index (χ2v) is 3.35. The molecule has 0 spiro atoms. The number of hydrogen-bond acceptors (Lipinski definition) is 1. The fourth-order valence-electron chi connectivity index (χ4n) is 1.65. The molecule has 0 aromatic rings. The Hall–Kier alpha value is -0.395. The zero-order valence-corrected chi connectivity index (χ0v) is 6.45. The Morgan fingerprint density at radius 2 is 2.00 bits per heavy atom. The quantitative estimate of drug-likeness (QED) is 0.491. The van der Waals surface area contributed by atoms with Crippen LogP contribution >= 0.6 is 0 Å². The van der Waals surface area contributed by atoms with Crippen molar-refractivity contribution in [1.82, 2.24) is 5.32 Å². The molecular weight excluding hydrogens is 121 g/mol. The highest BCUT2D eigenvalue weighted by Gasteiger charge is 2.22. The second kappa shape index (κ2) is 2.69. The summed E-state index contributed by atoms with van der Waals surface area (Å²) < 4.78 is 0. The van der Waals surface area contributed by atoms with E-state index in [0.717, 1.165) is 0 Å². The summed E-state index contributed by atoms with van der Waals surface area (Å²) in [6.45, 7) is 1.22. The topological polar surface area (TPSA) is 12.0 Å². The molecule has 2 heteroatoms. The van der Waals surface area contributed by atoms with Crippen molar-refractivity contribution in [2.45, 2.75) is 32.1 Å². The van der Waals surface area contributed by atoms with Crippen molar-refractivity contribution in [1.29, 1.82) is 0 Å². The van der Waals surface area contributed by atoms with E-state index >= 15 is 0 Å². The molecule has 0 saturated heterocycles. The lowest BCUT2D eigenvalue weighted by molar-refractivity contribution is 0.638. The molecule has 0 aliphatic carbocycles. The maximum Gasteiger partial charge on any atom is 0.207 e. The van der Waals surface area contributed by atoms with Crippen LogP contribution in [0.5, 0.6) is 0 Å². The Kier molecular flexibility index (Phi) is 1.70. The Bertz CT molecular complexity index is 147. The summed E-state index contributed by atoms with van der Waals surface area (Å²) in [5, 5.41) is 3.48. The van der Waals surface area contributed by atoms with Crippen LogP contribution in [0.3, 0.4) is 0 Å². The van der Waals surface area contributed by atoms with Crippen LogP contribution < -0.4 is 5.32 Å². The van der Waals surface area contributed by atoms with E-state index in [1.54, 1.807) is 11.1 Å². The lowest BCUT2D eigenvalue weighted by atomic mass is 9.91. The third-order valence-corrected chi connectivity index (χ3v) is 2.44. The molecule has 1 nitrogen and oxygen atoms in total. The fraction of sp³-hybridized carbons (Fsp3) is 0.750. The summed E-state index contributed by atoms with van der Waals surface area (Å²) >= 11 is 0. The average Bonchev–Trinajstić information content (AvgIpc) is 2.66. The summed E-state index contributed by atoms with van der Waals surface area (Å²) in [6, 6.07) is 0. The minimum atomic E-state index is 1.22. The summed E-state index contributed by atoms with van der Waals surface area (Å²) in [6.07, 6.45) is 7.05. The van der Waals surface area contributed by atoms with Gasteiger partial charge in [-0.3, -0.25) is 0 Å². The number of nitrogens with one attached hydrogen (secondary N) is 1. The SMILES string of the molecule is B1C2=C1NCCCCCC2. The third-order valence-electron chi connectivity index (χ3n) is 2.44. The molecule has 0 atom stereocenters. The van der Waals surface area contributed by atoms with Crippen LogP contribution in [0.25, 0.3) is 0 Å². The van der Waals surface area contributed by atoms with Gasteiger partial charge in [-0.25, -0.2) is 0 Å². The van der Waals surface area contributed by atoms with Crippen molar-refractivity contribution >= 4 is 7.28 Å². The summed E-state index contributed by atoms with van der Waals surface area (Å²) in [7, 11) is 1.31. The van der Waals surface area contributed by atoms with Gasteiger partial charge in [0, 0.05) is 6.54 Å². The Labute approximate surface area is 63.1 Å². The lowest BCUT2D eigenvalue weighted by Gasteiger charge is -1.99. The highest BCUT2D eigenvalue weighted by molar-refractivity contribution is 6.66. The van der Waals surface area contributed by atoms with Crippen LogP contribution in [0.1, 0.15) is 32.1 Å². The monoisotopic (exact) mass is 135 g/mol. The number of allylic oxidation sites excluding steroid dienone is 1. The molecule has 54 valence electrons. The van der Waals surface area contributed by atoms with Crippen LogP contribution in [0, 0.1) is 0 Å². The van der Waals surface area contributed by atoms with E-state index in [9.17, 15) is 0 Å². The van der Waals surface area contributed by atoms with Crippen molar-refractivity contribution in [3.05, 3.63) is 11.1 Å². The van der Waals surface area contributed by atoms with Gasteiger partial charge in [-0.15, -0.1) is 0 Å². The largest absolute Gasteiger partial charge is 0.397 e. The summed E-state index contributed by atoms with van der Waals surface area (Å²) in [5.41, 5.74) is 3.28. The highest BCUT2D eigenvalue weighted by atomic mass is 14.9. The maximum atomic E-state index is 3.48. The lowest BCUT2D eigenvalue weighted by Crippen LogP contribution is -2.09. The number of hydrogen-bond donors (Lipinski definition) is 1. The Balaban J connectivity index is 1.87. The van der Waals surface area contributed by atoms with Crippen molar-refractivity contribution in [3.8, 4) is 0 Å². The normalized spacial score (nSPS) is 24.8. The van der Waals surface area contributed by atoms with Gasteiger partial charge in [0.05, 0.1) is 0 Å². The van der Waals surface area contributed by atoms with Crippen molar-refractivity contribution in [2.24, 2.45) is 0 Å². The van der Waals surface area contributed by atoms with E-state index in [-0.39, 0.29) is 0 Å². The zero-order chi connectivity index (χ0) is 6.81. The minimum Gasteiger partial charge on any atom is -0.397 e. The number of rotatable bonds is 0. The molecule has 0 aromatic heterocycles. The van der Waals surface area contributed by atoms with Gasteiger partial charge in [0.1, 0.15) is 0 Å². The van der Waals surface area contributed by atoms with Crippen LogP contribution in [-0.4, -0.2) is 13.8 Å². The van der Waals surface area contributed by atoms with E-state index in [1.807, 2.05) is 0 Å². The van der Waals surface area contributed by atoms with E-state index in [4.69, 9.17) is 0 Å². The van der Waals surface area contributed by atoms with Crippen LogP contribution in [0.2, 0.25) is 0 Å². The average molecular weight is 135 g/mol. The first-order valence-corrected chi connectivity index (χ1v) is 4.41. The summed E-state index contributed by atoms with van der Waals surface area (Å²) in [4.78, 5) is 0. The molecule has 2 rings (SSSR count). The van der Waals surface area contributed by atoms with E-state index in [2.05, 4.69) is 5.32 Å². The molecule has 2 aliphatic rings. The maximum absolute atomic E-state index is 3.48. The molecule has 0 bridgehead atoms. The first-order chi connectivity index (χ1) is 4.97. The van der Waals surface area contributed by atoms with E-state index in [1.165, 1.54) is 45.9 Å². The molecule has 1 N–H and O–H groups in total. The van der Waals surface area contributed by atoms with Crippen molar-refractivity contribution in [2.75, 3.05) is 6.54 Å². The molecule has 0 amide bonds. The first kappa shape index (κ1) is 6.32. The van der Waals surface area contributed by atoms with Gasteiger partial charge in [0.2, 0.25) is 7.28 Å². The standard InChI is InChI=1S/C8H14BN/c1-2-4-6-10-8-7(9-8)5-3-1/h9-10H,1-6H2. The molecule has 0 unspecified atom stereocenters. The van der Waals surface area contributed by atoms with Gasteiger partial charge in [0.25, 0.3) is 0 Å². The van der Waals surface area contributed by atoms with Gasteiger partial charge in [-0.05, 0) is 18.4 Å². The predicted octanol–water partition coefficient (Wildman–Crippen LogP) is 1.16. The summed E-state index contributed by atoms with van der Waals surface area (Å²) in [5.74, 6) is 0. The molecule has 2 aliphatic heterocycles. The van der Waals surface area contributed by atoms with Gasteiger partial charge in [0.15, 0.2) is 0 Å². The van der Waals surface area contributed by atoms with Crippen molar-refractivity contribution < 1.29 is 0 Å². The highest BCUT2D eigenvalue weighted by Crippen LogP contribution is 2.24. The van der Waals surface area contributed by atoms with Crippen LogP contribution in [0.15, 0.2) is 11.1 Å². The van der Waals surface area contributed by atoms with Gasteiger partial charge in [-0.2, -0.15) is 0 Å². The van der Waals surface area contributed by atoms with Gasteiger partial charge < -0.3 is 5.32 Å². The molecule has 0 aromatic carbocycles. The second-order valence-electron chi connectivity index (χ2n) is 3.35. The van der Waals surface area contributed by atoms with E-state index in [0.29, 0.717) is 0 Å². The Morgan fingerprint density at radius 3 is 3.00 bits per heavy atom. The predicted molar refractivity (Wildman–Crippen MR) is 45.3 cm³/mol. The molecule has 0 saturated carbocycles. The van der Waals surface area contributed by atoms with Crippen molar-refractivity contribution in [3.63, 3.8) is 0 Å². The molecule has 2 heterocycles. The van der Waals surface area contributed by atoms with Crippen LogP contribution in [-0.2, 0) is 0 Å². The van der Waals surface area contributed by atoms with Crippen LogP contribution in [0.4, 0.5) is 0 Å². The van der Waals surface area contributed by atoms with Gasteiger partial charge in [-0.1, -0.05) is 24.7 Å². The molecule has 0 radical (unpaired) electrons. The zero-order valence-electron chi connectivity index (χ0n) is 6.45. The van der Waals surface area contributed by atoms with Gasteiger partial charge >= 0.3 is 0 Å². The first-order valence-electron chi connectivity index (χ1n) is 4.41. The molecule has 10 heavy (non-hydrogen) atoms. The third kappa shape index (κ3) is 1.36. The smallest absolute Gasteiger partial charge is 0.207 e. The Morgan fingerprint density at radius 1 is 1.10 bits per heavy atom. The fourth-order valence-corrected chi connectivity index (χ4v) is 1.65. The molecule has 0 fully saturated rings. The van der Waals surface area contributed by atoms with E-state index < -0.39 is 0 Å². The molecular formula is C8H14BN.